The second kappa shape index (κ2) is 7.38. The number of hydrogen-bond acceptors (Lipinski definition) is 5. The Hall–Kier alpha value is -1.43. The molecule has 6 nitrogen and oxygen atoms in total. The predicted molar refractivity (Wildman–Crippen MR) is 77.4 cm³/mol. The van der Waals surface area contributed by atoms with Gasteiger partial charge in [-0.25, -0.2) is 4.98 Å². The molecule has 20 heavy (non-hydrogen) atoms. The minimum absolute atomic E-state index is 0.185. The third kappa shape index (κ3) is 4.30. The minimum Gasteiger partial charge on any atom is -0.465 e. The van der Waals surface area contributed by atoms with E-state index in [0.717, 1.165) is 37.5 Å². The first-order valence-electron chi connectivity index (χ1n) is 7.17. The summed E-state index contributed by atoms with van der Waals surface area (Å²) in [6, 6.07) is 0. The van der Waals surface area contributed by atoms with Gasteiger partial charge in [-0.3, -0.25) is 9.48 Å². The first-order valence-corrected chi connectivity index (χ1v) is 7.17. The van der Waals surface area contributed by atoms with Crippen LogP contribution in [0.5, 0.6) is 0 Å². The van der Waals surface area contributed by atoms with Crippen LogP contribution in [0.1, 0.15) is 44.8 Å². The Morgan fingerprint density at radius 2 is 2.10 bits per heavy atom. The fourth-order valence-electron chi connectivity index (χ4n) is 2.13. The highest BCUT2D eigenvalue weighted by molar-refractivity contribution is 5.80. The summed E-state index contributed by atoms with van der Waals surface area (Å²) >= 11 is 0. The average molecular weight is 282 g/mol. The Morgan fingerprint density at radius 3 is 2.60 bits per heavy atom. The van der Waals surface area contributed by atoms with Crippen LogP contribution in [0.15, 0.2) is 0 Å². The smallest absolute Gasteiger partial charge is 0.326 e. The van der Waals surface area contributed by atoms with Gasteiger partial charge in [-0.1, -0.05) is 0 Å². The van der Waals surface area contributed by atoms with E-state index in [0.29, 0.717) is 6.61 Å². The topological polar surface area (TPSA) is 69.0 Å². The fraction of sp³-hybridized carbons (Fsp3) is 0.786. The zero-order valence-electron chi connectivity index (χ0n) is 13.2. The Bertz CT molecular complexity index is 444. The van der Waals surface area contributed by atoms with Gasteiger partial charge >= 0.3 is 5.97 Å². The molecule has 0 aliphatic heterocycles. The van der Waals surface area contributed by atoms with Crippen molar-refractivity contribution in [3.8, 4) is 0 Å². The van der Waals surface area contributed by atoms with E-state index in [1.807, 2.05) is 32.4 Å². The minimum atomic E-state index is -0.608. The molecule has 0 amide bonds. The SMILES string of the molecule is CCOC(=O)C(C)(CCCCn1nc(C)nc1C)NC. The molecule has 1 heterocycles. The van der Waals surface area contributed by atoms with Crippen molar-refractivity contribution in [3.63, 3.8) is 0 Å². The molecule has 0 aromatic carbocycles. The molecular weight excluding hydrogens is 256 g/mol. The van der Waals surface area contributed by atoms with Crippen molar-refractivity contribution in [2.24, 2.45) is 0 Å². The quantitative estimate of drug-likeness (QED) is 0.579. The summed E-state index contributed by atoms with van der Waals surface area (Å²) in [4.78, 5) is 16.2. The van der Waals surface area contributed by atoms with E-state index in [2.05, 4.69) is 15.4 Å². The van der Waals surface area contributed by atoms with Crippen LogP contribution in [0.3, 0.4) is 0 Å². The lowest BCUT2D eigenvalue weighted by Gasteiger charge is -2.26. The highest BCUT2D eigenvalue weighted by atomic mass is 16.5. The van der Waals surface area contributed by atoms with E-state index in [1.54, 1.807) is 7.05 Å². The first-order chi connectivity index (χ1) is 9.42. The van der Waals surface area contributed by atoms with Crippen LogP contribution in [-0.2, 0) is 16.1 Å². The van der Waals surface area contributed by atoms with Crippen LogP contribution in [0, 0.1) is 13.8 Å². The highest BCUT2D eigenvalue weighted by Gasteiger charge is 2.32. The normalized spacial score (nSPS) is 14.1. The summed E-state index contributed by atoms with van der Waals surface area (Å²) in [5.74, 6) is 1.55. The number of nitrogens with one attached hydrogen (secondary N) is 1. The van der Waals surface area contributed by atoms with E-state index in [-0.39, 0.29) is 5.97 Å². The Kier molecular flexibility index (Phi) is 6.13. The molecule has 1 unspecified atom stereocenters. The second-order valence-corrected chi connectivity index (χ2v) is 5.19. The van der Waals surface area contributed by atoms with Crippen molar-refractivity contribution in [1.29, 1.82) is 0 Å². The molecule has 0 aliphatic rings. The lowest BCUT2D eigenvalue weighted by molar-refractivity contribution is -0.150. The number of hydrogen-bond donors (Lipinski definition) is 1. The first kappa shape index (κ1) is 16.6. The number of aromatic nitrogens is 3. The van der Waals surface area contributed by atoms with Gasteiger partial charge in [0.05, 0.1) is 6.61 Å². The molecule has 0 fully saturated rings. The number of carbonyl (C=O) groups excluding carboxylic acids is 1. The van der Waals surface area contributed by atoms with Crippen LogP contribution >= 0.6 is 0 Å². The molecule has 1 N–H and O–H groups in total. The number of rotatable bonds is 8. The number of unbranched alkanes of at least 4 members (excludes halogenated alkanes) is 1. The van der Waals surface area contributed by atoms with Crippen LogP contribution in [0.4, 0.5) is 0 Å². The predicted octanol–water partition coefficient (Wildman–Crippen LogP) is 1.61. The molecular formula is C14H26N4O2. The lowest BCUT2D eigenvalue weighted by atomic mass is 9.95. The number of esters is 1. The lowest BCUT2D eigenvalue weighted by Crippen LogP contribution is -2.48. The number of carbonyl (C=O) groups is 1. The summed E-state index contributed by atoms with van der Waals surface area (Å²) in [5, 5.41) is 7.40. The number of likely N-dealkylation sites (N-methyl/N-ethyl adjacent to an activating group) is 1. The van der Waals surface area contributed by atoms with E-state index in [4.69, 9.17) is 4.74 Å². The summed E-state index contributed by atoms with van der Waals surface area (Å²) in [5.41, 5.74) is -0.608. The molecule has 1 aromatic rings. The third-order valence-corrected chi connectivity index (χ3v) is 3.54. The number of ether oxygens (including phenoxy) is 1. The van der Waals surface area contributed by atoms with Crippen molar-refractivity contribution < 1.29 is 9.53 Å². The molecule has 1 rings (SSSR count). The maximum absolute atomic E-state index is 11.9. The second-order valence-electron chi connectivity index (χ2n) is 5.19. The molecule has 0 bridgehead atoms. The largest absolute Gasteiger partial charge is 0.465 e. The van der Waals surface area contributed by atoms with Crippen molar-refractivity contribution in [3.05, 3.63) is 11.6 Å². The van der Waals surface area contributed by atoms with Gasteiger partial charge in [-0.2, -0.15) is 5.10 Å². The molecule has 6 heteroatoms. The van der Waals surface area contributed by atoms with Crippen LogP contribution in [0.2, 0.25) is 0 Å². The van der Waals surface area contributed by atoms with E-state index in [1.165, 1.54) is 0 Å². The zero-order chi connectivity index (χ0) is 15.2. The molecule has 0 spiro atoms. The fourth-order valence-corrected chi connectivity index (χ4v) is 2.13. The molecule has 1 aromatic heterocycles. The number of aryl methyl sites for hydroxylation is 3. The van der Waals surface area contributed by atoms with Crippen molar-refractivity contribution in [2.75, 3.05) is 13.7 Å². The summed E-state index contributed by atoms with van der Waals surface area (Å²) in [6.45, 7) is 8.79. The standard InChI is InChI=1S/C14H26N4O2/c1-6-20-13(19)14(4,15-5)9-7-8-10-18-12(3)16-11(2)17-18/h15H,6-10H2,1-5H3. The summed E-state index contributed by atoms with van der Waals surface area (Å²) in [7, 11) is 1.79. The van der Waals surface area contributed by atoms with Gasteiger partial charge in [0.25, 0.3) is 0 Å². The van der Waals surface area contributed by atoms with E-state index < -0.39 is 5.54 Å². The van der Waals surface area contributed by atoms with E-state index >= 15 is 0 Å². The van der Waals surface area contributed by atoms with Crippen molar-refractivity contribution >= 4 is 5.97 Å². The zero-order valence-corrected chi connectivity index (χ0v) is 13.2. The maximum Gasteiger partial charge on any atom is 0.326 e. The molecule has 114 valence electrons. The highest BCUT2D eigenvalue weighted by Crippen LogP contribution is 2.16. The molecule has 0 saturated carbocycles. The Labute approximate surface area is 120 Å². The van der Waals surface area contributed by atoms with Gasteiger partial charge in [0.1, 0.15) is 17.2 Å². The third-order valence-electron chi connectivity index (χ3n) is 3.54. The van der Waals surface area contributed by atoms with Crippen molar-refractivity contribution in [2.45, 2.75) is 59.0 Å². The van der Waals surface area contributed by atoms with Gasteiger partial charge < -0.3 is 10.1 Å². The monoisotopic (exact) mass is 282 g/mol. The van der Waals surface area contributed by atoms with Gasteiger partial charge in [0, 0.05) is 6.54 Å². The van der Waals surface area contributed by atoms with Crippen LogP contribution in [0.25, 0.3) is 0 Å². The summed E-state index contributed by atoms with van der Waals surface area (Å²) < 4.78 is 7.02. The molecule has 0 radical (unpaired) electrons. The summed E-state index contributed by atoms with van der Waals surface area (Å²) in [6.07, 6.45) is 2.63. The van der Waals surface area contributed by atoms with Gasteiger partial charge in [-0.05, 0) is 54.0 Å². The Morgan fingerprint density at radius 1 is 1.40 bits per heavy atom. The molecule has 0 aliphatic carbocycles. The van der Waals surface area contributed by atoms with Crippen LogP contribution in [-0.4, -0.2) is 39.9 Å². The van der Waals surface area contributed by atoms with Gasteiger partial charge in [0.2, 0.25) is 0 Å². The Balaban J connectivity index is 2.42. The van der Waals surface area contributed by atoms with Crippen molar-refractivity contribution in [1.82, 2.24) is 20.1 Å². The molecule has 1 atom stereocenters. The van der Waals surface area contributed by atoms with E-state index in [9.17, 15) is 4.79 Å². The van der Waals surface area contributed by atoms with Crippen LogP contribution < -0.4 is 5.32 Å². The number of nitrogens with zero attached hydrogens (tertiary/aromatic N) is 3. The van der Waals surface area contributed by atoms with Gasteiger partial charge in [0.15, 0.2) is 0 Å². The maximum atomic E-state index is 11.9. The van der Waals surface area contributed by atoms with Gasteiger partial charge in [-0.15, -0.1) is 0 Å². The average Bonchev–Trinajstić information content (AvgIpc) is 2.73. The molecule has 0 saturated heterocycles.